The van der Waals surface area contributed by atoms with E-state index in [9.17, 15) is 13.2 Å². The molecular weight excluding hydrogens is 442 g/mol. The van der Waals surface area contributed by atoms with E-state index in [1.54, 1.807) is 41.3 Å². The molecule has 1 N–H and O–H groups in total. The number of aryl methyl sites for hydroxylation is 1. The van der Waals surface area contributed by atoms with Crippen LogP contribution in [-0.4, -0.2) is 47.7 Å². The van der Waals surface area contributed by atoms with Crippen molar-refractivity contribution in [2.24, 2.45) is 5.92 Å². The van der Waals surface area contributed by atoms with Crippen molar-refractivity contribution in [1.82, 2.24) is 19.2 Å². The van der Waals surface area contributed by atoms with Crippen LogP contribution in [0.5, 0.6) is 0 Å². The van der Waals surface area contributed by atoms with Crippen LogP contribution < -0.4 is 5.32 Å². The molecule has 10 heteroatoms. The molecule has 2 heterocycles. The minimum atomic E-state index is -3.46. The van der Waals surface area contributed by atoms with Crippen molar-refractivity contribution in [1.29, 1.82) is 0 Å². The number of sulfonamides is 1. The maximum Gasteiger partial charge on any atom is 0.278 e. The van der Waals surface area contributed by atoms with E-state index in [2.05, 4.69) is 22.5 Å². The first-order valence-electron chi connectivity index (χ1n) is 11.1. The molecule has 0 spiro atoms. The molecule has 176 valence electrons. The second-order valence-corrected chi connectivity index (χ2v) is 10.8. The Morgan fingerprint density at radius 2 is 2.03 bits per heavy atom. The van der Waals surface area contributed by atoms with E-state index in [1.807, 2.05) is 0 Å². The number of anilines is 1. The van der Waals surface area contributed by atoms with Gasteiger partial charge in [-0.15, -0.1) is 0 Å². The average molecular weight is 472 g/mol. The molecule has 1 aliphatic rings. The first-order valence-corrected chi connectivity index (χ1v) is 12.5. The SMILES string of the molecule is CCCC1CCc2onc(C(=O)Nc3cnn(Cc4ccc(S(=O)(=O)N(C)C)cc4)c3)c2C1. The summed E-state index contributed by atoms with van der Waals surface area (Å²) in [5, 5.41) is 11.2. The van der Waals surface area contributed by atoms with Gasteiger partial charge in [-0.3, -0.25) is 9.48 Å². The number of amides is 1. The Morgan fingerprint density at radius 1 is 1.27 bits per heavy atom. The highest BCUT2D eigenvalue weighted by molar-refractivity contribution is 7.89. The molecule has 1 aromatic carbocycles. The number of nitrogens with one attached hydrogen (secondary N) is 1. The molecule has 33 heavy (non-hydrogen) atoms. The fourth-order valence-corrected chi connectivity index (χ4v) is 5.08. The van der Waals surface area contributed by atoms with Crippen LogP contribution in [0.1, 0.15) is 53.6 Å². The van der Waals surface area contributed by atoms with Crippen LogP contribution in [0.2, 0.25) is 0 Å². The van der Waals surface area contributed by atoms with E-state index in [4.69, 9.17) is 4.52 Å². The van der Waals surface area contributed by atoms with Crippen molar-refractivity contribution in [3.63, 3.8) is 0 Å². The summed E-state index contributed by atoms with van der Waals surface area (Å²) >= 11 is 0. The normalized spacial score (nSPS) is 16.1. The minimum absolute atomic E-state index is 0.238. The van der Waals surface area contributed by atoms with Crippen molar-refractivity contribution >= 4 is 21.6 Å². The summed E-state index contributed by atoms with van der Waals surface area (Å²) in [5.41, 5.74) is 2.74. The second-order valence-electron chi connectivity index (χ2n) is 8.64. The summed E-state index contributed by atoms with van der Waals surface area (Å²) in [5.74, 6) is 1.09. The van der Waals surface area contributed by atoms with Crippen LogP contribution in [0.15, 0.2) is 46.1 Å². The predicted molar refractivity (Wildman–Crippen MR) is 124 cm³/mol. The number of hydrogen-bond donors (Lipinski definition) is 1. The second kappa shape index (κ2) is 9.48. The smallest absolute Gasteiger partial charge is 0.278 e. The topological polar surface area (TPSA) is 110 Å². The van der Waals surface area contributed by atoms with Crippen LogP contribution in [-0.2, 0) is 29.4 Å². The quantitative estimate of drug-likeness (QED) is 0.540. The highest BCUT2D eigenvalue weighted by Crippen LogP contribution is 2.31. The summed E-state index contributed by atoms with van der Waals surface area (Å²) in [7, 11) is -0.459. The molecule has 2 aromatic heterocycles. The van der Waals surface area contributed by atoms with E-state index in [0.29, 0.717) is 23.8 Å². The molecular formula is C23H29N5O4S. The molecule has 1 unspecified atom stereocenters. The third kappa shape index (κ3) is 5.01. The Morgan fingerprint density at radius 3 is 2.73 bits per heavy atom. The maximum atomic E-state index is 12.8. The first kappa shape index (κ1) is 23.2. The molecule has 9 nitrogen and oxygen atoms in total. The van der Waals surface area contributed by atoms with Crippen LogP contribution in [0, 0.1) is 5.92 Å². The fraction of sp³-hybridized carbons (Fsp3) is 0.435. The lowest BCUT2D eigenvalue weighted by molar-refractivity contribution is 0.101. The van der Waals surface area contributed by atoms with Crippen LogP contribution in [0.3, 0.4) is 0 Å². The van der Waals surface area contributed by atoms with Gasteiger partial charge in [0.25, 0.3) is 5.91 Å². The molecule has 1 atom stereocenters. The average Bonchev–Trinajstić information content (AvgIpc) is 3.40. The van der Waals surface area contributed by atoms with Gasteiger partial charge in [0.1, 0.15) is 5.76 Å². The number of hydrogen-bond acceptors (Lipinski definition) is 6. The van der Waals surface area contributed by atoms with Gasteiger partial charge in [-0.05, 0) is 36.5 Å². The van der Waals surface area contributed by atoms with Gasteiger partial charge < -0.3 is 9.84 Å². The summed E-state index contributed by atoms with van der Waals surface area (Å²) < 4.78 is 32.7. The van der Waals surface area contributed by atoms with Gasteiger partial charge in [0, 0.05) is 32.3 Å². The third-order valence-electron chi connectivity index (χ3n) is 5.99. The maximum absolute atomic E-state index is 12.8. The number of benzene rings is 1. The number of fused-ring (bicyclic) bond motifs is 1. The lowest BCUT2D eigenvalue weighted by atomic mass is 9.84. The zero-order valence-corrected chi connectivity index (χ0v) is 19.9. The van der Waals surface area contributed by atoms with Crippen LogP contribution in [0.25, 0.3) is 0 Å². The van der Waals surface area contributed by atoms with Crippen molar-refractivity contribution in [3.05, 3.63) is 59.2 Å². The van der Waals surface area contributed by atoms with E-state index in [1.165, 1.54) is 18.4 Å². The monoisotopic (exact) mass is 471 g/mol. The molecule has 4 rings (SSSR count). The lowest BCUT2D eigenvalue weighted by Crippen LogP contribution is -2.22. The lowest BCUT2D eigenvalue weighted by Gasteiger charge is -2.20. The Bertz CT molecular complexity index is 1230. The van der Waals surface area contributed by atoms with Gasteiger partial charge in [0.15, 0.2) is 5.69 Å². The van der Waals surface area contributed by atoms with Gasteiger partial charge in [0.05, 0.1) is 23.3 Å². The van der Waals surface area contributed by atoms with Crippen LogP contribution in [0.4, 0.5) is 5.69 Å². The van der Waals surface area contributed by atoms with E-state index in [0.717, 1.165) is 49.0 Å². The molecule has 0 saturated carbocycles. The van der Waals surface area contributed by atoms with Gasteiger partial charge in [-0.2, -0.15) is 5.10 Å². The van der Waals surface area contributed by atoms with Crippen molar-refractivity contribution in [2.75, 3.05) is 19.4 Å². The van der Waals surface area contributed by atoms with Gasteiger partial charge in [0.2, 0.25) is 10.0 Å². The summed E-state index contributed by atoms with van der Waals surface area (Å²) in [6, 6.07) is 6.67. The van der Waals surface area contributed by atoms with Crippen molar-refractivity contribution in [2.45, 2.75) is 50.5 Å². The molecule has 1 aliphatic carbocycles. The number of rotatable bonds is 8. The molecule has 0 aliphatic heterocycles. The molecule has 0 bridgehead atoms. The van der Waals surface area contributed by atoms with E-state index in [-0.39, 0.29) is 10.8 Å². The van der Waals surface area contributed by atoms with Gasteiger partial charge >= 0.3 is 0 Å². The molecule has 1 amide bonds. The summed E-state index contributed by atoms with van der Waals surface area (Å²) in [6.07, 6.45) is 8.30. The van der Waals surface area contributed by atoms with E-state index >= 15 is 0 Å². The van der Waals surface area contributed by atoms with E-state index < -0.39 is 10.0 Å². The molecule has 0 fully saturated rings. The summed E-state index contributed by atoms with van der Waals surface area (Å²) in [4.78, 5) is 13.1. The number of carbonyl (C=O) groups excluding carboxylic acids is 1. The highest BCUT2D eigenvalue weighted by Gasteiger charge is 2.28. The Labute approximate surface area is 193 Å². The standard InChI is InChI=1S/C23H29N5O4S/c1-4-5-16-8-11-21-20(12-16)22(26-32-21)23(29)25-18-13-24-28(15-18)14-17-6-9-19(10-7-17)33(30,31)27(2)3/h6-7,9-10,13,15-16H,4-5,8,11-12,14H2,1-3H3,(H,25,29). The molecule has 0 radical (unpaired) electrons. The zero-order chi connectivity index (χ0) is 23.6. The predicted octanol–water partition coefficient (Wildman–Crippen LogP) is 3.33. The highest BCUT2D eigenvalue weighted by atomic mass is 32.2. The van der Waals surface area contributed by atoms with Gasteiger partial charge in [-0.1, -0.05) is 37.1 Å². The fourth-order valence-electron chi connectivity index (χ4n) is 4.18. The minimum Gasteiger partial charge on any atom is -0.360 e. The van der Waals surface area contributed by atoms with Gasteiger partial charge in [-0.25, -0.2) is 12.7 Å². The van der Waals surface area contributed by atoms with Crippen molar-refractivity contribution in [3.8, 4) is 0 Å². The first-order chi connectivity index (χ1) is 15.8. The third-order valence-corrected chi connectivity index (χ3v) is 7.82. The Kier molecular flexibility index (Phi) is 6.66. The Balaban J connectivity index is 1.41. The Hall–Kier alpha value is -2.98. The van der Waals surface area contributed by atoms with Crippen LogP contribution >= 0.6 is 0 Å². The number of nitrogens with zero attached hydrogens (tertiary/aromatic N) is 4. The molecule has 3 aromatic rings. The number of carbonyl (C=O) groups is 1. The molecule has 0 saturated heterocycles. The zero-order valence-electron chi connectivity index (χ0n) is 19.1. The number of aromatic nitrogens is 3. The van der Waals surface area contributed by atoms with Crippen molar-refractivity contribution < 1.29 is 17.7 Å². The summed E-state index contributed by atoms with van der Waals surface area (Å²) in [6.45, 7) is 2.62. The largest absolute Gasteiger partial charge is 0.360 e.